The fourth-order valence-corrected chi connectivity index (χ4v) is 1.79. The summed E-state index contributed by atoms with van der Waals surface area (Å²) in [5, 5.41) is 0.789. The molecular formula is C8H6FNOS. The van der Waals surface area contributed by atoms with E-state index in [1.807, 2.05) is 0 Å². The van der Waals surface area contributed by atoms with Crippen molar-refractivity contribution in [2.75, 3.05) is 7.11 Å². The minimum Gasteiger partial charge on any atom is -0.495 e. The molecule has 0 bridgehead atoms. The third-order valence-corrected chi connectivity index (χ3v) is 2.43. The van der Waals surface area contributed by atoms with Crippen LogP contribution in [0.4, 0.5) is 4.39 Å². The summed E-state index contributed by atoms with van der Waals surface area (Å²) >= 11 is 1.31. The highest BCUT2D eigenvalue weighted by molar-refractivity contribution is 7.13. The van der Waals surface area contributed by atoms with E-state index >= 15 is 0 Å². The van der Waals surface area contributed by atoms with Crippen LogP contribution in [0.5, 0.6) is 5.75 Å². The molecule has 0 fully saturated rings. The Morgan fingerprint density at radius 2 is 2.33 bits per heavy atom. The first-order valence-electron chi connectivity index (χ1n) is 3.39. The number of methoxy groups -OCH3 is 1. The number of ether oxygens (including phenoxy) is 1. The van der Waals surface area contributed by atoms with Crippen LogP contribution in [0.2, 0.25) is 0 Å². The molecule has 0 N–H and O–H groups in total. The summed E-state index contributed by atoms with van der Waals surface area (Å²) in [6.45, 7) is 0. The van der Waals surface area contributed by atoms with E-state index in [1.54, 1.807) is 6.20 Å². The lowest BCUT2D eigenvalue weighted by Crippen LogP contribution is -1.83. The molecule has 0 atom stereocenters. The molecule has 0 aliphatic heterocycles. The van der Waals surface area contributed by atoms with Crippen molar-refractivity contribution in [1.29, 1.82) is 0 Å². The molecule has 0 amide bonds. The summed E-state index contributed by atoms with van der Waals surface area (Å²) in [6.07, 6.45) is 1.63. The first kappa shape index (κ1) is 7.49. The zero-order chi connectivity index (χ0) is 8.55. The molecule has 0 radical (unpaired) electrons. The molecule has 0 saturated carbocycles. The zero-order valence-corrected chi connectivity index (χ0v) is 7.19. The summed E-state index contributed by atoms with van der Waals surface area (Å²) in [5.74, 6) is 0.257. The monoisotopic (exact) mass is 183 g/mol. The molecule has 0 aliphatic carbocycles. The molecule has 4 heteroatoms. The molecule has 0 unspecified atom stereocenters. The van der Waals surface area contributed by atoms with Crippen molar-refractivity contribution in [1.82, 2.24) is 4.37 Å². The number of fused-ring (bicyclic) bond motifs is 1. The number of benzene rings is 1. The van der Waals surface area contributed by atoms with E-state index in [1.165, 1.54) is 30.8 Å². The van der Waals surface area contributed by atoms with Crippen LogP contribution >= 0.6 is 11.5 Å². The maximum atomic E-state index is 12.9. The number of hydrogen-bond acceptors (Lipinski definition) is 3. The Morgan fingerprint density at radius 1 is 1.50 bits per heavy atom. The van der Waals surface area contributed by atoms with Crippen LogP contribution in [0.3, 0.4) is 0 Å². The van der Waals surface area contributed by atoms with Gasteiger partial charge in [-0.1, -0.05) is 0 Å². The number of hydrogen-bond donors (Lipinski definition) is 0. The second kappa shape index (κ2) is 2.71. The fourth-order valence-electron chi connectivity index (χ4n) is 1.07. The highest BCUT2D eigenvalue weighted by Crippen LogP contribution is 2.29. The van der Waals surface area contributed by atoms with E-state index in [4.69, 9.17) is 4.74 Å². The summed E-state index contributed by atoms with van der Waals surface area (Å²) < 4.78 is 22.7. The van der Waals surface area contributed by atoms with E-state index in [2.05, 4.69) is 4.37 Å². The van der Waals surface area contributed by atoms with Crippen LogP contribution in [-0.2, 0) is 0 Å². The number of rotatable bonds is 1. The van der Waals surface area contributed by atoms with Crippen LogP contribution in [0.15, 0.2) is 18.3 Å². The largest absolute Gasteiger partial charge is 0.495 e. The summed E-state index contributed by atoms with van der Waals surface area (Å²) in [5.41, 5.74) is 0. The molecule has 0 spiro atoms. The Labute approximate surface area is 72.8 Å². The average Bonchev–Trinajstić information content (AvgIpc) is 2.50. The third-order valence-electron chi connectivity index (χ3n) is 1.60. The lowest BCUT2D eigenvalue weighted by molar-refractivity contribution is 0.417. The number of halogens is 1. The number of nitrogens with zero attached hydrogens (tertiary/aromatic N) is 1. The first-order valence-corrected chi connectivity index (χ1v) is 4.16. The molecule has 12 heavy (non-hydrogen) atoms. The van der Waals surface area contributed by atoms with Gasteiger partial charge in [0.15, 0.2) is 0 Å². The zero-order valence-electron chi connectivity index (χ0n) is 6.37. The Balaban J connectivity index is 2.80. The van der Waals surface area contributed by atoms with Gasteiger partial charge in [-0.25, -0.2) is 4.39 Å². The van der Waals surface area contributed by atoms with Gasteiger partial charge in [0.05, 0.1) is 11.8 Å². The van der Waals surface area contributed by atoms with E-state index in [0.717, 1.165) is 10.1 Å². The summed E-state index contributed by atoms with van der Waals surface area (Å²) in [6, 6.07) is 2.81. The highest BCUT2D eigenvalue weighted by Gasteiger charge is 2.05. The van der Waals surface area contributed by atoms with Gasteiger partial charge in [-0.05, 0) is 17.6 Å². The predicted molar refractivity (Wildman–Crippen MR) is 46.1 cm³/mol. The quantitative estimate of drug-likeness (QED) is 0.677. The lowest BCUT2D eigenvalue weighted by atomic mass is 10.2. The Kier molecular flexibility index (Phi) is 1.69. The van der Waals surface area contributed by atoms with Gasteiger partial charge >= 0.3 is 0 Å². The molecular weight excluding hydrogens is 177 g/mol. The van der Waals surface area contributed by atoms with Gasteiger partial charge in [-0.3, -0.25) is 0 Å². The maximum Gasteiger partial charge on any atom is 0.141 e. The Bertz CT molecular complexity index is 412. The van der Waals surface area contributed by atoms with E-state index in [9.17, 15) is 4.39 Å². The molecule has 1 aromatic heterocycles. The van der Waals surface area contributed by atoms with Crippen LogP contribution in [0.25, 0.3) is 10.1 Å². The van der Waals surface area contributed by atoms with Crippen LogP contribution in [0.1, 0.15) is 0 Å². The lowest BCUT2D eigenvalue weighted by Gasteiger charge is -1.99. The van der Waals surface area contributed by atoms with Gasteiger partial charge in [0.25, 0.3) is 0 Å². The van der Waals surface area contributed by atoms with Crippen LogP contribution in [0, 0.1) is 5.82 Å². The summed E-state index contributed by atoms with van der Waals surface area (Å²) in [4.78, 5) is 0. The average molecular weight is 183 g/mol. The minimum atomic E-state index is -0.292. The van der Waals surface area contributed by atoms with Gasteiger partial charge < -0.3 is 4.74 Å². The normalized spacial score (nSPS) is 10.5. The van der Waals surface area contributed by atoms with Gasteiger partial charge in [-0.15, -0.1) is 0 Å². The second-order valence-electron chi connectivity index (χ2n) is 2.35. The van der Waals surface area contributed by atoms with E-state index in [-0.39, 0.29) is 5.82 Å². The van der Waals surface area contributed by atoms with E-state index in [0.29, 0.717) is 5.75 Å². The predicted octanol–water partition coefficient (Wildman–Crippen LogP) is 2.44. The summed E-state index contributed by atoms with van der Waals surface area (Å²) in [7, 11) is 1.52. The van der Waals surface area contributed by atoms with Gasteiger partial charge in [-0.2, -0.15) is 4.37 Å². The Hall–Kier alpha value is -1.16. The van der Waals surface area contributed by atoms with Crippen molar-refractivity contribution >= 4 is 21.6 Å². The van der Waals surface area contributed by atoms with Gasteiger partial charge in [0.1, 0.15) is 11.6 Å². The van der Waals surface area contributed by atoms with Crippen LogP contribution in [-0.4, -0.2) is 11.5 Å². The van der Waals surface area contributed by atoms with Gasteiger partial charge in [0, 0.05) is 17.6 Å². The Morgan fingerprint density at radius 3 is 3.08 bits per heavy atom. The van der Waals surface area contributed by atoms with Crippen molar-refractivity contribution in [3.63, 3.8) is 0 Å². The minimum absolute atomic E-state index is 0.292. The molecule has 1 aromatic carbocycles. The molecule has 1 heterocycles. The molecule has 2 nitrogen and oxygen atoms in total. The molecule has 0 aliphatic rings. The third kappa shape index (κ3) is 1.04. The molecule has 2 aromatic rings. The first-order chi connectivity index (χ1) is 5.81. The molecule has 62 valence electrons. The van der Waals surface area contributed by atoms with Crippen molar-refractivity contribution in [3.8, 4) is 5.75 Å². The van der Waals surface area contributed by atoms with Crippen LogP contribution < -0.4 is 4.74 Å². The molecule has 0 saturated heterocycles. The van der Waals surface area contributed by atoms with Gasteiger partial charge in [0.2, 0.25) is 0 Å². The fraction of sp³-hybridized carbons (Fsp3) is 0.125. The SMILES string of the molecule is COc1cc(F)cc2cnsc12. The standard InChI is InChI=1S/C8H6FNOS/c1-11-7-3-6(9)2-5-4-10-12-8(5)7/h2-4H,1H3. The van der Waals surface area contributed by atoms with Crippen molar-refractivity contribution < 1.29 is 9.13 Å². The molecule has 2 rings (SSSR count). The van der Waals surface area contributed by atoms with Crippen molar-refractivity contribution in [2.45, 2.75) is 0 Å². The topological polar surface area (TPSA) is 22.1 Å². The van der Waals surface area contributed by atoms with Crippen molar-refractivity contribution in [2.24, 2.45) is 0 Å². The highest BCUT2D eigenvalue weighted by atomic mass is 32.1. The number of aromatic nitrogens is 1. The van der Waals surface area contributed by atoms with E-state index < -0.39 is 0 Å². The smallest absolute Gasteiger partial charge is 0.141 e. The second-order valence-corrected chi connectivity index (χ2v) is 3.15. The van der Waals surface area contributed by atoms with Crippen molar-refractivity contribution in [3.05, 3.63) is 24.1 Å². The maximum absolute atomic E-state index is 12.9.